The molecule has 0 aromatic heterocycles. The van der Waals surface area contributed by atoms with Crippen LogP contribution in [0.25, 0.3) is 0 Å². The number of allylic oxidation sites excluding steroid dienone is 3. The van der Waals surface area contributed by atoms with Gasteiger partial charge < -0.3 is 4.43 Å². The molecule has 0 bridgehead atoms. The lowest BCUT2D eigenvalue weighted by Crippen LogP contribution is -2.34. The van der Waals surface area contributed by atoms with Crippen LogP contribution in [0.3, 0.4) is 0 Å². The molecular weight excluding hydrogens is 224 g/mol. The maximum Gasteiger partial charge on any atom is 0.242 e. The zero-order valence-corrected chi connectivity index (χ0v) is 13.0. The van der Waals surface area contributed by atoms with Crippen LogP contribution in [-0.4, -0.2) is 8.32 Å². The Morgan fingerprint density at radius 1 is 1.35 bits per heavy atom. The normalized spacial score (nSPS) is 33.6. The first-order valence-corrected chi connectivity index (χ1v) is 10.3. The van der Waals surface area contributed by atoms with Crippen LogP contribution >= 0.6 is 0 Å². The van der Waals surface area contributed by atoms with E-state index < -0.39 is 8.32 Å². The van der Waals surface area contributed by atoms with Gasteiger partial charge in [-0.3, -0.25) is 0 Å². The van der Waals surface area contributed by atoms with Crippen molar-refractivity contribution in [3.63, 3.8) is 0 Å². The number of rotatable bonds is 2. The van der Waals surface area contributed by atoms with Gasteiger partial charge in [-0.05, 0) is 68.8 Å². The van der Waals surface area contributed by atoms with Crippen molar-refractivity contribution >= 4 is 8.32 Å². The molecule has 2 rings (SSSR count). The Hall–Kier alpha value is -0.503. The van der Waals surface area contributed by atoms with Crippen LogP contribution in [0, 0.1) is 11.3 Å². The van der Waals surface area contributed by atoms with Crippen molar-refractivity contribution in [3.05, 3.63) is 23.5 Å². The monoisotopic (exact) mass is 250 g/mol. The summed E-state index contributed by atoms with van der Waals surface area (Å²) in [4.78, 5) is 0. The van der Waals surface area contributed by atoms with Crippen LogP contribution in [0.4, 0.5) is 0 Å². The lowest BCUT2D eigenvalue weighted by atomic mass is 9.62. The maximum absolute atomic E-state index is 6.13. The molecule has 0 N–H and O–H groups in total. The molecular formula is C15H26OSi. The predicted molar refractivity (Wildman–Crippen MR) is 76.3 cm³/mol. The fourth-order valence-corrected chi connectivity index (χ4v) is 3.91. The molecule has 0 spiro atoms. The summed E-state index contributed by atoms with van der Waals surface area (Å²) in [6.07, 6.45) is 9.84. The second-order valence-electron chi connectivity index (χ2n) is 6.91. The zero-order chi connectivity index (χ0) is 12.7. The summed E-state index contributed by atoms with van der Waals surface area (Å²) >= 11 is 0. The van der Waals surface area contributed by atoms with Crippen molar-refractivity contribution in [2.75, 3.05) is 0 Å². The van der Waals surface area contributed by atoms with Crippen LogP contribution in [0.2, 0.25) is 19.6 Å². The highest BCUT2D eigenvalue weighted by Crippen LogP contribution is 2.50. The zero-order valence-electron chi connectivity index (χ0n) is 12.0. The van der Waals surface area contributed by atoms with E-state index >= 15 is 0 Å². The van der Waals surface area contributed by atoms with Crippen LogP contribution in [-0.2, 0) is 4.43 Å². The topological polar surface area (TPSA) is 9.23 Å². The van der Waals surface area contributed by atoms with Crippen LogP contribution in [0.5, 0.6) is 0 Å². The van der Waals surface area contributed by atoms with Crippen LogP contribution < -0.4 is 0 Å². The van der Waals surface area contributed by atoms with Gasteiger partial charge in [0, 0.05) is 0 Å². The minimum absolute atomic E-state index is 0.407. The molecule has 2 aliphatic rings. The molecule has 2 atom stereocenters. The van der Waals surface area contributed by atoms with E-state index in [0.29, 0.717) is 5.41 Å². The third-order valence-electron chi connectivity index (χ3n) is 4.37. The molecule has 0 amide bonds. The molecule has 2 heteroatoms. The first kappa shape index (κ1) is 12.9. The van der Waals surface area contributed by atoms with E-state index in [1.165, 1.54) is 25.7 Å². The van der Waals surface area contributed by atoms with Gasteiger partial charge in [-0.2, -0.15) is 0 Å². The molecule has 0 aromatic rings. The standard InChI is InChI=1S/C15H26OSi/c1-12-7-6-8-13-11-14(16-17(3,4)5)9-10-15(12,13)2/h9,11-12H,6-8,10H2,1-5H3/t12-,15+/m0/s1. The Bertz CT molecular complexity index is 362. The summed E-state index contributed by atoms with van der Waals surface area (Å²) in [5.74, 6) is 1.96. The highest BCUT2D eigenvalue weighted by atomic mass is 28.4. The van der Waals surface area contributed by atoms with Gasteiger partial charge in [-0.15, -0.1) is 0 Å². The summed E-state index contributed by atoms with van der Waals surface area (Å²) in [6.45, 7) is 11.6. The largest absolute Gasteiger partial charge is 0.545 e. The fraction of sp³-hybridized carbons (Fsp3) is 0.733. The Kier molecular flexibility index (Phi) is 3.28. The lowest BCUT2D eigenvalue weighted by Gasteiger charge is -2.44. The molecule has 1 saturated carbocycles. The second kappa shape index (κ2) is 4.31. The molecule has 2 aliphatic carbocycles. The first-order valence-electron chi connectivity index (χ1n) is 6.91. The van der Waals surface area contributed by atoms with Gasteiger partial charge in [0.1, 0.15) is 0 Å². The smallest absolute Gasteiger partial charge is 0.242 e. The van der Waals surface area contributed by atoms with Crippen molar-refractivity contribution < 1.29 is 4.43 Å². The number of hydrogen-bond donors (Lipinski definition) is 0. The molecule has 0 radical (unpaired) electrons. The molecule has 0 heterocycles. The minimum atomic E-state index is -1.46. The average molecular weight is 250 g/mol. The SMILES string of the molecule is C[C@H]1CCCC2=CC(O[Si](C)(C)C)=CC[C@@]21C. The number of hydrogen-bond acceptors (Lipinski definition) is 1. The molecule has 1 nitrogen and oxygen atoms in total. The third-order valence-corrected chi connectivity index (χ3v) is 5.22. The van der Waals surface area contributed by atoms with Gasteiger partial charge in [-0.25, -0.2) is 0 Å². The lowest BCUT2D eigenvalue weighted by molar-refractivity contribution is 0.196. The Morgan fingerprint density at radius 3 is 2.71 bits per heavy atom. The van der Waals surface area contributed by atoms with Gasteiger partial charge in [0.25, 0.3) is 0 Å². The Balaban J connectivity index is 2.18. The molecule has 1 fully saturated rings. The van der Waals surface area contributed by atoms with E-state index in [4.69, 9.17) is 4.43 Å². The predicted octanol–water partition coefficient (Wildman–Crippen LogP) is 4.88. The summed E-state index contributed by atoms with van der Waals surface area (Å²) in [5.41, 5.74) is 2.04. The van der Waals surface area contributed by atoms with Crippen molar-refractivity contribution in [1.82, 2.24) is 0 Å². The van der Waals surface area contributed by atoms with Crippen molar-refractivity contribution in [1.29, 1.82) is 0 Å². The van der Waals surface area contributed by atoms with Gasteiger partial charge in [0.05, 0.1) is 5.76 Å². The van der Waals surface area contributed by atoms with Gasteiger partial charge in [-0.1, -0.05) is 19.4 Å². The van der Waals surface area contributed by atoms with E-state index in [1.807, 2.05) is 0 Å². The van der Waals surface area contributed by atoms with Crippen molar-refractivity contribution in [2.24, 2.45) is 11.3 Å². The van der Waals surface area contributed by atoms with E-state index in [1.54, 1.807) is 5.57 Å². The molecule has 0 aromatic carbocycles. The summed E-state index contributed by atoms with van der Waals surface area (Å²) in [5, 5.41) is 0. The van der Waals surface area contributed by atoms with Gasteiger partial charge in [0.15, 0.2) is 0 Å². The summed E-state index contributed by atoms with van der Waals surface area (Å²) in [6, 6.07) is 0. The maximum atomic E-state index is 6.13. The highest BCUT2D eigenvalue weighted by Gasteiger charge is 2.38. The van der Waals surface area contributed by atoms with E-state index in [2.05, 4.69) is 45.6 Å². The molecule has 0 unspecified atom stereocenters. The van der Waals surface area contributed by atoms with E-state index in [-0.39, 0.29) is 0 Å². The molecule has 0 aliphatic heterocycles. The summed E-state index contributed by atoms with van der Waals surface area (Å²) < 4.78 is 6.13. The van der Waals surface area contributed by atoms with E-state index in [0.717, 1.165) is 11.7 Å². The second-order valence-corrected chi connectivity index (χ2v) is 11.3. The van der Waals surface area contributed by atoms with Crippen LogP contribution in [0.1, 0.15) is 39.5 Å². The van der Waals surface area contributed by atoms with Crippen molar-refractivity contribution in [3.8, 4) is 0 Å². The number of fused-ring (bicyclic) bond motifs is 1. The summed E-state index contributed by atoms with van der Waals surface area (Å²) in [7, 11) is -1.46. The molecule has 0 saturated heterocycles. The Labute approximate surface area is 107 Å². The fourth-order valence-electron chi connectivity index (χ4n) is 3.06. The van der Waals surface area contributed by atoms with Gasteiger partial charge >= 0.3 is 0 Å². The average Bonchev–Trinajstić information content (AvgIpc) is 2.19. The quantitative estimate of drug-likeness (QED) is 0.635. The first-order chi connectivity index (χ1) is 7.81. The Morgan fingerprint density at radius 2 is 2.06 bits per heavy atom. The van der Waals surface area contributed by atoms with Crippen LogP contribution in [0.15, 0.2) is 23.5 Å². The van der Waals surface area contributed by atoms with Crippen molar-refractivity contribution in [2.45, 2.75) is 59.2 Å². The van der Waals surface area contributed by atoms with Gasteiger partial charge in [0.2, 0.25) is 8.32 Å². The molecule has 96 valence electrons. The minimum Gasteiger partial charge on any atom is -0.545 e. The third kappa shape index (κ3) is 2.67. The molecule has 17 heavy (non-hydrogen) atoms. The van der Waals surface area contributed by atoms with E-state index in [9.17, 15) is 0 Å². The highest BCUT2D eigenvalue weighted by molar-refractivity contribution is 6.70.